The van der Waals surface area contributed by atoms with Crippen molar-refractivity contribution in [1.29, 1.82) is 0 Å². The molecule has 4 rings (SSSR count). The van der Waals surface area contributed by atoms with Crippen LogP contribution >= 0.6 is 11.3 Å². The summed E-state index contributed by atoms with van der Waals surface area (Å²) in [5.74, 6) is -0.423. The van der Waals surface area contributed by atoms with Gasteiger partial charge in [-0.2, -0.15) is 0 Å². The van der Waals surface area contributed by atoms with Crippen molar-refractivity contribution in [2.75, 3.05) is 16.7 Å². The van der Waals surface area contributed by atoms with Crippen LogP contribution in [0.4, 0.5) is 10.8 Å². The number of carbonyl (C=O) groups is 1. The lowest BCUT2D eigenvalue weighted by Gasteiger charge is -2.19. The third kappa shape index (κ3) is 4.50. The fraction of sp³-hybridized carbons (Fsp3) is 0.0435. The first kappa shape index (κ1) is 20.8. The number of anilines is 2. The van der Waals surface area contributed by atoms with E-state index in [2.05, 4.69) is 10.3 Å². The van der Waals surface area contributed by atoms with Crippen molar-refractivity contribution in [3.8, 4) is 11.3 Å². The third-order valence-electron chi connectivity index (χ3n) is 4.67. The number of nitrogens with one attached hydrogen (secondary N) is 1. The van der Waals surface area contributed by atoms with Gasteiger partial charge in [-0.05, 0) is 30.3 Å². The molecule has 0 atom stereocenters. The molecule has 0 radical (unpaired) electrons. The molecule has 1 aromatic heterocycles. The Kier molecular flexibility index (Phi) is 5.83. The van der Waals surface area contributed by atoms with E-state index in [0.29, 0.717) is 10.8 Å². The minimum Gasteiger partial charge on any atom is -0.298 e. The molecule has 1 amide bonds. The van der Waals surface area contributed by atoms with Crippen molar-refractivity contribution >= 4 is 38.1 Å². The summed E-state index contributed by atoms with van der Waals surface area (Å²) in [4.78, 5) is 17.2. The molecule has 0 fully saturated rings. The molecule has 1 heterocycles. The first-order chi connectivity index (χ1) is 14.9. The van der Waals surface area contributed by atoms with Crippen molar-refractivity contribution < 1.29 is 13.2 Å². The molecule has 4 aromatic rings. The quantitative estimate of drug-likeness (QED) is 0.455. The van der Waals surface area contributed by atoms with E-state index >= 15 is 0 Å². The van der Waals surface area contributed by atoms with Crippen LogP contribution in [0.2, 0.25) is 0 Å². The van der Waals surface area contributed by atoms with Gasteiger partial charge in [0.25, 0.3) is 15.9 Å². The highest BCUT2D eigenvalue weighted by atomic mass is 32.2. The number of hydrogen-bond acceptors (Lipinski definition) is 5. The van der Waals surface area contributed by atoms with Gasteiger partial charge >= 0.3 is 0 Å². The number of carbonyl (C=O) groups excluding carboxylic acids is 1. The smallest absolute Gasteiger partial charge is 0.264 e. The Labute approximate surface area is 184 Å². The number of rotatable bonds is 6. The molecule has 31 heavy (non-hydrogen) atoms. The molecule has 8 heteroatoms. The molecular formula is C23H19N3O3S2. The number of para-hydroxylation sites is 1. The number of thiazole rings is 1. The van der Waals surface area contributed by atoms with Gasteiger partial charge in [-0.15, -0.1) is 11.3 Å². The van der Waals surface area contributed by atoms with Gasteiger partial charge in [0.05, 0.1) is 16.3 Å². The molecule has 0 bridgehead atoms. The van der Waals surface area contributed by atoms with E-state index in [-0.39, 0.29) is 10.5 Å². The highest BCUT2D eigenvalue weighted by Crippen LogP contribution is 2.26. The zero-order valence-corrected chi connectivity index (χ0v) is 18.2. The lowest BCUT2D eigenvalue weighted by atomic mass is 10.2. The molecular weight excluding hydrogens is 430 g/mol. The topological polar surface area (TPSA) is 79.4 Å². The Morgan fingerprint density at radius 2 is 1.61 bits per heavy atom. The first-order valence-corrected chi connectivity index (χ1v) is 11.7. The van der Waals surface area contributed by atoms with Crippen molar-refractivity contribution in [3.63, 3.8) is 0 Å². The van der Waals surface area contributed by atoms with Crippen LogP contribution in [-0.2, 0) is 10.0 Å². The summed E-state index contributed by atoms with van der Waals surface area (Å²) in [6.07, 6.45) is 0. The number of benzene rings is 3. The van der Waals surface area contributed by atoms with Crippen LogP contribution in [0.1, 0.15) is 10.4 Å². The van der Waals surface area contributed by atoms with E-state index in [1.165, 1.54) is 34.8 Å². The number of amides is 1. The van der Waals surface area contributed by atoms with E-state index in [1.54, 1.807) is 36.4 Å². The van der Waals surface area contributed by atoms with Gasteiger partial charge in [-0.1, -0.05) is 54.6 Å². The largest absolute Gasteiger partial charge is 0.298 e. The second-order valence-electron chi connectivity index (χ2n) is 6.69. The average molecular weight is 450 g/mol. The average Bonchev–Trinajstić information content (AvgIpc) is 3.28. The van der Waals surface area contributed by atoms with Crippen LogP contribution in [-0.4, -0.2) is 26.4 Å². The maximum absolute atomic E-state index is 13.0. The number of nitrogens with zero attached hydrogens (tertiary/aromatic N) is 2. The van der Waals surface area contributed by atoms with Gasteiger partial charge in [0.15, 0.2) is 5.13 Å². The van der Waals surface area contributed by atoms with E-state index in [4.69, 9.17) is 0 Å². The van der Waals surface area contributed by atoms with Crippen LogP contribution in [0.25, 0.3) is 11.3 Å². The lowest BCUT2D eigenvalue weighted by molar-refractivity contribution is 0.102. The normalized spacial score (nSPS) is 11.1. The monoisotopic (exact) mass is 449 g/mol. The molecule has 0 unspecified atom stereocenters. The van der Waals surface area contributed by atoms with E-state index in [1.807, 2.05) is 41.8 Å². The van der Waals surface area contributed by atoms with Crippen molar-refractivity contribution in [2.45, 2.75) is 4.90 Å². The van der Waals surface area contributed by atoms with Gasteiger partial charge in [0.2, 0.25) is 0 Å². The highest BCUT2D eigenvalue weighted by molar-refractivity contribution is 7.92. The standard InChI is InChI=1S/C23H19N3O3S2/c1-26(19-12-6-3-7-13-19)31(28,29)20-14-8-11-18(15-20)22(27)25-23-24-21(16-30-23)17-9-4-2-5-10-17/h2-16H,1H3,(H,24,25,27). The minimum absolute atomic E-state index is 0.0376. The van der Waals surface area contributed by atoms with Gasteiger partial charge in [0, 0.05) is 23.6 Å². The fourth-order valence-electron chi connectivity index (χ4n) is 2.97. The Bertz CT molecular complexity index is 1300. The summed E-state index contributed by atoms with van der Waals surface area (Å²) in [6, 6.07) is 24.4. The molecule has 0 spiro atoms. The Balaban J connectivity index is 1.54. The summed E-state index contributed by atoms with van der Waals surface area (Å²) < 4.78 is 27.2. The molecule has 1 N–H and O–H groups in total. The number of hydrogen-bond donors (Lipinski definition) is 1. The van der Waals surface area contributed by atoms with Crippen LogP contribution in [0.3, 0.4) is 0 Å². The second kappa shape index (κ2) is 8.71. The summed E-state index contributed by atoms with van der Waals surface area (Å²) in [7, 11) is -2.33. The Hall–Kier alpha value is -3.49. The maximum Gasteiger partial charge on any atom is 0.264 e. The van der Waals surface area contributed by atoms with Crippen LogP contribution in [0, 0.1) is 0 Å². The summed E-state index contributed by atoms with van der Waals surface area (Å²) in [6.45, 7) is 0. The van der Waals surface area contributed by atoms with Crippen LogP contribution in [0.15, 0.2) is 95.2 Å². The number of aromatic nitrogens is 1. The zero-order valence-electron chi connectivity index (χ0n) is 16.6. The van der Waals surface area contributed by atoms with Crippen LogP contribution in [0.5, 0.6) is 0 Å². The highest BCUT2D eigenvalue weighted by Gasteiger charge is 2.22. The third-order valence-corrected chi connectivity index (χ3v) is 7.21. The van der Waals surface area contributed by atoms with Gasteiger partial charge < -0.3 is 0 Å². The van der Waals surface area contributed by atoms with Gasteiger partial charge in [0.1, 0.15) is 0 Å². The molecule has 0 saturated carbocycles. The SMILES string of the molecule is CN(c1ccccc1)S(=O)(=O)c1cccc(C(=O)Nc2nc(-c3ccccc3)cs2)c1. The Morgan fingerprint density at radius 1 is 0.935 bits per heavy atom. The van der Waals surface area contributed by atoms with Gasteiger partial charge in [-0.25, -0.2) is 13.4 Å². The second-order valence-corrected chi connectivity index (χ2v) is 9.52. The molecule has 0 aliphatic rings. The molecule has 3 aromatic carbocycles. The van der Waals surface area contributed by atoms with Crippen LogP contribution < -0.4 is 9.62 Å². The zero-order chi connectivity index (χ0) is 21.8. The lowest BCUT2D eigenvalue weighted by Crippen LogP contribution is -2.26. The van der Waals surface area contributed by atoms with Crippen molar-refractivity contribution in [3.05, 3.63) is 95.9 Å². The maximum atomic E-state index is 13.0. The first-order valence-electron chi connectivity index (χ1n) is 9.41. The predicted octanol–water partition coefficient (Wildman–Crippen LogP) is 4.89. The summed E-state index contributed by atoms with van der Waals surface area (Å²) in [5, 5.41) is 5.05. The summed E-state index contributed by atoms with van der Waals surface area (Å²) in [5.41, 5.74) is 2.49. The van der Waals surface area contributed by atoms with E-state index < -0.39 is 15.9 Å². The molecule has 156 valence electrons. The fourth-order valence-corrected chi connectivity index (χ4v) is 4.93. The van der Waals surface area contributed by atoms with E-state index in [9.17, 15) is 13.2 Å². The Morgan fingerprint density at radius 3 is 2.32 bits per heavy atom. The van der Waals surface area contributed by atoms with Gasteiger partial charge in [-0.3, -0.25) is 14.4 Å². The molecule has 0 saturated heterocycles. The molecule has 0 aliphatic heterocycles. The van der Waals surface area contributed by atoms with Crippen molar-refractivity contribution in [2.24, 2.45) is 0 Å². The number of sulfonamides is 1. The predicted molar refractivity (Wildman–Crippen MR) is 124 cm³/mol. The van der Waals surface area contributed by atoms with Crippen molar-refractivity contribution in [1.82, 2.24) is 4.98 Å². The molecule has 0 aliphatic carbocycles. The minimum atomic E-state index is -3.81. The summed E-state index contributed by atoms with van der Waals surface area (Å²) >= 11 is 1.31. The van der Waals surface area contributed by atoms with E-state index in [0.717, 1.165) is 11.3 Å². The molecule has 6 nitrogen and oxygen atoms in total.